The van der Waals surface area contributed by atoms with Gasteiger partial charge in [-0.05, 0) is 38.0 Å². The van der Waals surface area contributed by atoms with E-state index < -0.39 is 0 Å². The third-order valence-electron chi connectivity index (χ3n) is 4.19. The first-order valence-electron chi connectivity index (χ1n) is 7.93. The second-order valence-electron chi connectivity index (χ2n) is 5.78. The quantitative estimate of drug-likeness (QED) is 0.876. The number of methoxy groups -OCH3 is 2. The standard InChI is InChI=1S/C17H26N2O3/c1-12(15-11-14(21-2)9-10-16(15)22-3)18-17(20)19-13-7-5-4-6-8-13/h9-13H,4-8H2,1-3H3,(H2,18,19,20). The molecule has 1 aromatic carbocycles. The summed E-state index contributed by atoms with van der Waals surface area (Å²) in [5.74, 6) is 1.49. The molecule has 2 N–H and O–H groups in total. The van der Waals surface area contributed by atoms with E-state index in [1.54, 1.807) is 14.2 Å². The van der Waals surface area contributed by atoms with Crippen LogP contribution in [0.2, 0.25) is 0 Å². The fourth-order valence-electron chi connectivity index (χ4n) is 2.93. The van der Waals surface area contributed by atoms with Crippen molar-refractivity contribution in [2.75, 3.05) is 14.2 Å². The van der Waals surface area contributed by atoms with Crippen LogP contribution in [0.5, 0.6) is 11.5 Å². The Hall–Kier alpha value is -1.91. The van der Waals surface area contributed by atoms with Gasteiger partial charge in [0, 0.05) is 11.6 Å². The molecule has 1 aliphatic carbocycles. The van der Waals surface area contributed by atoms with Gasteiger partial charge < -0.3 is 20.1 Å². The third kappa shape index (κ3) is 4.29. The van der Waals surface area contributed by atoms with Gasteiger partial charge in [-0.3, -0.25) is 0 Å². The Balaban J connectivity index is 1.98. The topological polar surface area (TPSA) is 59.6 Å². The lowest BCUT2D eigenvalue weighted by Crippen LogP contribution is -2.43. The number of amides is 2. The van der Waals surface area contributed by atoms with E-state index in [9.17, 15) is 4.79 Å². The van der Waals surface area contributed by atoms with Crippen LogP contribution in [0.15, 0.2) is 18.2 Å². The molecule has 0 heterocycles. The summed E-state index contributed by atoms with van der Waals surface area (Å²) in [4.78, 5) is 12.2. The van der Waals surface area contributed by atoms with Crippen LogP contribution >= 0.6 is 0 Å². The zero-order chi connectivity index (χ0) is 15.9. The van der Waals surface area contributed by atoms with E-state index in [4.69, 9.17) is 9.47 Å². The Kier molecular flexibility index (Phi) is 5.92. The average Bonchev–Trinajstić information content (AvgIpc) is 2.54. The van der Waals surface area contributed by atoms with Crippen LogP contribution in [0.25, 0.3) is 0 Å². The fourth-order valence-corrected chi connectivity index (χ4v) is 2.93. The predicted octanol–water partition coefficient (Wildman–Crippen LogP) is 3.40. The van der Waals surface area contributed by atoms with Crippen molar-refractivity contribution in [3.63, 3.8) is 0 Å². The molecule has 0 aliphatic heterocycles. The van der Waals surface area contributed by atoms with Crippen LogP contribution in [0.3, 0.4) is 0 Å². The molecule has 0 spiro atoms. The molecule has 5 heteroatoms. The normalized spacial score (nSPS) is 16.7. The van der Waals surface area contributed by atoms with Crippen molar-refractivity contribution in [1.29, 1.82) is 0 Å². The summed E-state index contributed by atoms with van der Waals surface area (Å²) >= 11 is 0. The van der Waals surface area contributed by atoms with Crippen LogP contribution in [-0.4, -0.2) is 26.3 Å². The largest absolute Gasteiger partial charge is 0.497 e. The van der Waals surface area contributed by atoms with Crippen LogP contribution in [0, 0.1) is 0 Å². The molecular formula is C17H26N2O3. The minimum atomic E-state index is -0.159. The minimum absolute atomic E-state index is 0.121. The van der Waals surface area contributed by atoms with E-state index in [0.717, 1.165) is 29.9 Å². The van der Waals surface area contributed by atoms with E-state index >= 15 is 0 Å². The highest BCUT2D eigenvalue weighted by molar-refractivity contribution is 5.75. The summed E-state index contributed by atoms with van der Waals surface area (Å²) in [6.07, 6.45) is 5.82. The Morgan fingerprint density at radius 3 is 2.55 bits per heavy atom. The minimum Gasteiger partial charge on any atom is -0.497 e. The highest BCUT2D eigenvalue weighted by atomic mass is 16.5. The predicted molar refractivity (Wildman–Crippen MR) is 86.5 cm³/mol. The van der Waals surface area contributed by atoms with E-state index in [2.05, 4.69) is 10.6 Å². The maximum absolute atomic E-state index is 12.2. The summed E-state index contributed by atoms with van der Waals surface area (Å²) < 4.78 is 10.6. The number of hydrogen-bond acceptors (Lipinski definition) is 3. The van der Waals surface area contributed by atoms with Gasteiger partial charge in [-0.1, -0.05) is 19.3 Å². The van der Waals surface area contributed by atoms with E-state index in [1.165, 1.54) is 19.3 Å². The van der Waals surface area contributed by atoms with Crippen molar-refractivity contribution in [2.24, 2.45) is 0 Å². The zero-order valence-corrected chi connectivity index (χ0v) is 13.6. The molecule has 5 nitrogen and oxygen atoms in total. The van der Waals surface area contributed by atoms with Gasteiger partial charge in [0.15, 0.2) is 0 Å². The van der Waals surface area contributed by atoms with Gasteiger partial charge in [-0.15, -0.1) is 0 Å². The van der Waals surface area contributed by atoms with E-state index in [-0.39, 0.29) is 12.1 Å². The molecule has 2 amide bonds. The van der Waals surface area contributed by atoms with Crippen molar-refractivity contribution in [2.45, 2.75) is 51.1 Å². The second kappa shape index (κ2) is 7.92. The Labute approximate surface area is 132 Å². The van der Waals surface area contributed by atoms with Crippen molar-refractivity contribution in [3.8, 4) is 11.5 Å². The molecule has 0 saturated heterocycles. The number of carbonyl (C=O) groups excluding carboxylic acids is 1. The molecule has 1 aromatic rings. The number of benzene rings is 1. The number of carbonyl (C=O) groups is 1. The fraction of sp³-hybridized carbons (Fsp3) is 0.588. The molecule has 1 aliphatic rings. The third-order valence-corrected chi connectivity index (χ3v) is 4.19. The van der Waals surface area contributed by atoms with E-state index in [1.807, 2.05) is 25.1 Å². The first-order valence-corrected chi connectivity index (χ1v) is 7.93. The molecule has 1 fully saturated rings. The Morgan fingerprint density at radius 2 is 1.91 bits per heavy atom. The van der Waals surface area contributed by atoms with Crippen LogP contribution in [-0.2, 0) is 0 Å². The van der Waals surface area contributed by atoms with Crippen LogP contribution in [0.1, 0.15) is 50.6 Å². The number of urea groups is 1. The average molecular weight is 306 g/mol. The van der Waals surface area contributed by atoms with Gasteiger partial charge in [0.1, 0.15) is 11.5 Å². The molecular weight excluding hydrogens is 280 g/mol. The number of rotatable bonds is 5. The molecule has 0 aromatic heterocycles. The maximum atomic E-state index is 12.2. The number of hydrogen-bond donors (Lipinski definition) is 2. The van der Waals surface area contributed by atoms with Crippen molar-refractivity contribution in [1.82, 2.24) is 10.6 Å². The molecule has 2 rings (SSSR count). The highest BCUT2D eigenvalue weighted by Gasteiger charge is 2.19. The van der Waals surface area contributed by atoms with Gasteiger partial charge in [-0.2, -0.15) is 0 Å². The molecule has 0 radical (unpaired) electrons. The SMILES string of the molecule is COc1ccc(OC)c(C(C)NC(=O)NC2CCCCC2)c1. The Bertz CT molecular complexity index is 499. The summed E-state index contributed by atoms with van der Waals surface area (Å²) in [6.45, 7) is 1.94. The first-order chi connectivity index (χ1) is 10.6. The van der Waals surface area contributed by atoms with E-state index in [0.29, 0.717) is 6.04 Å². The van der Waals surface area contributed by atoms with Gasteiger partial charge in [0.25, 0.3) is 0 Å². The molecule has 1 unspecified atom stereocenters. The molecule has 22 heavy (non-hydrogen) atoms. The lowest BCUT2D eigenvalue weighted by atomic mass is 9.96. The van der Waals surface area contributed by atoms with Crippen LogP contribution in [0.4, 0.5) is 4.79 Å². The molecule has 122 valence electrons. The Morgan fingerprint density at radius 1 is 1.18 bits per heavy atom. The summed E-state index contributed by atoms with van der Waals surface area (Å²) in [5.41, 5.74) is 0.903. The van der Waals surface area contributed by atoms with Crippen molar-refractivity contribution in [3.05, 3.63) is 23.8 Å². The van der Waals surface area contributed by atoms with Gasteiger partial charge >= 0.3 is 6.03 Å². The van der Waals surface area contributed by atoms with Gasteiger partial charge in [0.05, 0.1) is 20.3 Å². The first kappa shape index (κ1) is 16.5. The summed E-state index contributed by atoms with van der Waals surface area (Å²) in [7, 11) is 3.25. The smallest absolute Gasteiger partial charge is 0.315 e. The summed E-state index contributed by atoms with van der Waals surface area (Å²) in [5, 5.41) is 6.05. The van der Waals surface area contributed by atoms with Crippen molar-refractivity contribution >= 4 is 6.03 Å². The van der Waals surface area contributed by atoms with Crippen molar-refractivity contribution < 1.29 is 14.3 Å². The number of ether oxygens (including phenoxy) is 2. The molecule has 1 atom stereocenters. The number of nitrogens with one attached hydrogen (secondary N) is 2. The van der Waals surface area contributed by atoms with Crippen LogP contribution < -0.4 is 20.1 Å². The molecule has 1 saturated carbocycles. The van der Waals surface area contributed by atoms with Gasteiger partial charge in [0.2, 0.25) is 0 Å². The lowest BCUT2D eigenvalue weighted by molar-refractivity contribution is 0.229. The highest BCUT2D eigenvalue weighted by Crippen LogP contribution is 2.29. The second-order valence-corrected chi connectivity index (χ2v) is 5.78. The monoisotopic (exact) mass is 306 g/mol. The zero-order valence-electron chi connectivity index (χ0n) is 13.6. The maximum Gasteiger partial charge on any atom is 0.315 e. The lowest BCUT2D eigenvalue weighted by Gasteiger charge is -2.24. The van der Waals surface area contributed by atoms with Gasteiger partial charge in [-0.25, -0.2) is 4.79 Å². The summed E-state index contributed by atoms with van der Waals surface area (Å²) in [6, 6.07) is 5.61. The molecule has 0 bridgehead atoms.